The van der Waals surface area contributed by atoms with E-state index >= 15 is 0 Å². The minimum Gasteiger partial charge on any atom is -0.379 e. The summed E-state index contributed by atoms with van der Waals surface area (Å²) in [5.41, 5.74) is 0.788. The van der Waals surface area contributed by atoms with Gasteiger partial charge in [0.15, 0.2) is 0 Å². The molecule has 2 saturated heterocycles. The van der Waals surface area contributed by atoms with Crippen LogP contribution < -0.4 is 4.90 Å². The van der Waals surface area contributed by atoms with Gasteiger partial charge in [-0.15, -0.1) is 0 Å². The molecule has 7 nitrogen and oxygen atoms in total. The minimum absolute atomic E-state index is 0.0883. The van der Waals surface area contributed by atoms with E-state index in [2.05, 4.69) is 4.90 Å². The van der Waals surface area contributed by atoms with Crippen LogP contribution in [0.5, 0.6) is 0 Å². The average Bonchev–Trinajstić information content (AvgIpc) is 2.68. The fourth-order valence-corrected chi connectivity index (χ4v) is 3.39. The number of morpholine rings is 1. The topological polar surface area (TPSA) is 56.3 Å². The first-order chi connectivity index (χ1) is 13.0. The Hall–Kier alpha value is -2.19. The van der Waals surface area contributed by atoms with E-state index in [0.29, 0.717) is 57.2 Å². The molecule has 2 aliphatic heterocycles. The van der Waals surface area contributed by atoms with Crippen LogP contribution in [0, 0.1) is 5.82 Å². The Morgan fingerprint density at radius 3 is 2.26 bits per heavy atom. The van der Waals surface area contributed by atoms with Crippen molar-refractivity contribution in [2.24, 2.45) is 0 Å². The second-order valence-corrected chi connectivity index (χ2v) is 7.12. The van der Waals surface area contributed by atoms with Gasteiger partial charge in [0.05, 0.1) is 25.4 Å². The SMILES string of the molecule is CN(C)c1ccc(C(=O)N2CCN(C(=O)CN3CCOCC3)CC2)cc1F. The third kappa shape index (κ3) is 4.75. The van der Waals surface area contributed by atoms with Crippen LogP contribution in [0.3, 0.4) is 0 Å². The molecule has 2 amide bonds. The number of anilines is 1. The fraction of sp³-hybridized carbons (Fsp3) is 0.579. The molecule has 0 atom stereocenters. The maximum absolute atomic E-state index is 14.1. The molecule has 0 aromatic heterocycles. The smallest absolute Gasteiger partial charge is 0.254 e. The largest absolute Gasteiger partial charge is 0.379 e. The summed E-state index contributed by atoms with van der Waals surface area (Å²) in [4.78, 5) is 32.3. The number of hydrogen-bond donors (Lipinski definition) is 0. The Balaban J connectivity index is 1.53. The van der Waals surface area contributed by atoms with Crippen molar-refractivity contribution in [3.8, 4) is 0 Å². The van der Waals surface area contributed by atoms with Crippen molar-refractivity contribution in [1.82, 2.24) is 14.7 Å². The zero-order chi connectivity index (χ0) is 19.4. The second kappa shape index (κ2) is 8.67. The van der Waals surface area contributed by atoms with Crippen molar-refractivity contribution in [2.45, 2.75) is 0 Å². The van der Waals surface area contributed by atoms with Crippen LogP contribution in [-0.2, 0) is 9.53 Å². The highest BCUT2D eigenvalue weighted by molar-refractivity contribution is 5.94. The monoisotopic (exact) mass is 378 g/mol. The van der Waals surface area contributed by atoms with Gasteiger partial charge in [-0.3, -0.25) is 14.5 Å². The second-order valence-electron chi connectivity index (χ2n) is 7.12. The van der Waals surface area contributed by atoms with Gasteiger partial charge in [-0.05, 0) is 18.2 Å². The predicted molar refractivity (Wildman–Crippen MR) is 100 cm³/mol. The Morgan fingerprint density at radius 1 is 1.04 bits per heavy atom. The average molecular weight is 378 g/mol. The summed E-state index contributed by atoms with van der Waals surface area (Å²) in [6.45, 7) is 5.22. The van der Waals surface area contributed by atoms with Crippen LogP contribution in [0.25, 0.3) is 0 Å². The molecule has 2 heterocycles. The van der Waals surface area contributed by atoms with Gasteiger partial charge < -0.3 is 19.4 Å². The first-order valence-corrected chi connectivity index (χ1v) is 9.30. The van der Waals surface area contributed by atoms with Gasteiger partial charge in [0.1, 0.15) is 5.82 Å². The summed E-state index contributed by atoms with van der Waals surface area (Å²) in [5.74, 6) is -0.518. The first kappa shape index (κ1) is 19.6. The number of carbonyl (C=O) groups is 2. The predicted octanol–water partition coefficient (Wildman–Crippen LogP) is 0.508. The van der Waals surface area contributed by atoms with Gasteiger partial charge in [0, 0.05) is 58.9 Å². The van der Waals surface area contributed by atoms with Crippen molar-refractivity contribution in [1.29, 1.82) is 0 Å². The van der Waals surface area contributed by atoms with E-state index in [0.717, 1.165) is 13.1 Å². The van der Waals surface area contributed by atoms with Gasteiger partial charge in [0.2, 0.25) is 5.91 Å². The molecule has 2 aliphatic rings. The molecule has 0 aliphatic carbocycles. The van der Waals surface area contributed by atoms with E-state index in [9.17, 15) is 14.0 Å². The lowest BCUT2D eigenvalue weighted by atomic mass is 10.1. The lowest BCUT2D eigenvalue weighted by molar-refractivity contribution is -0.134. The summed E-state index contributed by atoms with van der Waals surface area (Å²) in [7, 11) is 3.51. The molecule has 2 fully saturated rings. The van der Waals surface area contributed by atoms with Gasteiger partial charge in [-0.2, -0.15) is 0 Å². The van der Waals surface area contributed by atoms with E-state index in [1.807, 2.05) is 0 Å². The summed E-state index contributed by atoms with van der Waals surface area (Å²) >= 11 is 0. The van der Waals surface area contributed by atoms with Gasteiger partial charge in [0.25, 0.3) is 5.91 Å². The normalized spacial score (nSPS) is 18.5. The molecule has 0 unspecified atom stereocenters. The highest BCUT2D eigenvalue weighted by atomic mass is 19.1. The Kier molecular flexibility index (Phi) is 6.28. The van der Waals surface area contributed by atoms with Crippen molar-refractivity contribution in [3.05, 3.63) is 29.6 Å². The standard InChI is InChI=1S/C19H27FN4O3/c1-21(2)17-4-3-15(13-16(17)20)19(26)24-7-5-23(6-8-24)18(25)14-22-9-11-27-12-10-22/h3-4,13H,5-12,14H2,1-2H3. The number of halogens is 1. The first-order valence-electron chi connectivity index (χ1n) is 9.30. The molecule has 27 heavy (non-hydrogen) atoms. The van der Waals surface area contributed by atoms with E-state index < -0.39 is 5.82 Å². The summed E-state index contributed by atoms with van der Waals surface area (Å²) < 4.78 is 19.4. The van der Waals surface area contributed by atoms with Crippen molar-refractivity contribution < 1.29 is 18.7 Å². The molecule has 3 rings (SSSR count). The lowest BCUT2D eigenvalue weighted by Crippen LogP contribution is -2.53. The number of piperazine rings is 1. The number of hydrogen-bond acceptors (Lipinski definition) is 5. The zero-order valence-electron chi connectivity index (χ0n) is 16.0. The molecular weight excluding hydrogens is 351 g/mol. The number of carbonyl (C=O) groups excluding carboxylic acids is 2. The number of benzene rings is 1. The van der Waals surface area contributed by atoms with E-state index in [1.54, 1.807) is 40.9 Å². The Morgan fingerprint density at radius 2 is 1.67 bits per heavy atom. The van der Waals surface area contributed by atoms with Crippen molar-refractivity contribution in [2.75, 3.05) is 78.0 Å². The van der Waals surface area contributed by atoms with Crippen molar-refractivity contribution >= 4 is 17.5 Å². The van der Waals surface area contributed by atoms with E-state index in [1.165, 1.54) is 6.07 Å². The summed E-state index contributed by atoms with van der Waals surface area (Å²) in [6, 6.07) is 4.55. The molecular formula is C19H27FN4O3. The van der Waals surface area contributed by atoms with Crippen LogP contribution in [0.4, 0.5) is 10.1 Å². The third-order valence-corrected chi connectivity index (χ3v) is 5.06. The molecule has 8 heteroatoms. The van der Waals surface area contributed by atoms with Crippen LogP contribution in [0.15, 0.2) is 18.2 Å². The summed E-state index contributed by atoms with van der Waals surface area (Å²) in [6.07, 6.45) is 0. The lowest BCUT2D eigenvalue weighted by Gasteiger charge is -2.36. The number of nitrogens with zero attached hydrogens (tertiary/aromatic N) is 4. The summed E-state index contributed by atoms with van der Waals surface area (Å²) in [5, 5.41) is 0. The van der Waals surface area contributed by atoms with Crippen LogP contribution in [0.2, 0.25) is 0 Å². The molecule has 0 saturated carbocycles. The van der Waals surface area contributed by atoms with E-state index in [4.69, 9.17) is 4.74 Å². The number of amides is 2. The molecule has 148 valence electrons. The minimum atomic E-state index is -0.412. The fourth-order valence-electron chi connectivity index (χ4n) is 3.39. The molecule has 0 radical (unpaired) electrons. The van der Waals surface area contributed by atoms with Crippen LogP contribution in [-0.4, -0.2) is 99.6 Å². The zero-order valence-corrected chi connectivity index (χ0v) is 16.0. The van der Waals surface area contributed by atoms with Gasteiger partial charge in [-0.25, -0.2) is 4.39 Å². The molecule has 1 aromatic carbocycles. The Bertz CT molecular complexity index is 684. The maximum Gasteiger partial charge on any atom is 0.254 e. The van der Waals surface area contributed by atoms with Crippen LogP contribution in [0.1, 0.15) is 10.4 Å². The molecule has 0 spiro atoms. The number of ether oxygens (including phenoxy) is 1. The van der Waals surface area contributed by atoms with E-state index in [-0.39, 0.29) is 11.8 Å². The van der Waals surface area contributed by atoms with Crippen molar-refractivity contribution in [3.63, 3.8) is 0 Å². The molecule has 1 aromatic rings. The quantitative estimate of drug-likeness (QED) is 0.764. The number of rotatable bonds is 4. The maximum atomic E-state index is 14.1. The highest BCUT2D eigenvalue weighted by Gasteiger charge is 2.26. The highest BCUT2D eigenvalue weighted by Crippen LogP contribution is 2.19. The molecule has 0 bridgehead atoms. The van der Waals surface area contributed by atoms with Gasteiger partial charge in [-0.1, -0.05) is 0 Å². The van der Waals surface area contributed by atoms with Gasteiger partial charge >= 0.3 is 0 Å². The molecule has 0 N–H and O–H groups in total. The third-order valence-electron chi connectivity index (χ3n) is 5.06. The Labute approximate surface area is 159 Å². The van der Waals surface area contributed by atoms with Crippen LogP contribution >= 0.6 is 0 Å².